The van der Waals surface area contributed by atoms with Crippen LogP contribution < -0.4 is 5.32 Å². The number of carbonyl (C=O) groups excluding carboxylic acids is 3. The highest BCUT2D eigenvalue weighted by atomic mass is 16.2. The lowest BCUT2D eigenvalue weighted by Gasteiger charge is -2.36. The van der Waals surface area contributed by atoms with Crippen molar-refractivity contribution >= 4 is 23.4 Å². The minimum atomic E-state index is -0.471. The number of hydrogen-bond donors (Lipinski definition) is 1. The second kappa shape index (κ2) is 8.25. The molecule has 1 fully saturated rings. The van der Waals surface area contributed by atoms with Gasteiger partial charge in [0.25, 0.3) is 5.91 Å². The van der Waals surface area contributed by atoms with Gasteiger partial charge >= 0.3 is 11.8 Å². The van der Waals surface area contributed by atoms with Gasteiger partial charge in [-0.2, -0.15) is 0 Å². The summed E-state index contributed by atoms with van der Waals surface area (Å²) < 4.78 is 0. The van der Waals surface area contributed by atoms with Crippen LogP contribution in [0.2, 0.25) is 0 Å². The first-order chi connectivity index (χ1) is 13.3. The van der Waals surface area contributed by atoms with Crippen molar-refractivity contribution in [3.63, 3.8) is 0 Å². The van der Waals surface area contributed by atoms with Crippen LogP contribution in [0.5, 0.6) is 0 Å². The molecule has 2 aromatic carbocycles. The highest BCUT2D eigenvalue weighted by Crippen LogP contribution is 2.15. The number of nitrogens with zero attached hydrogens (tertiary/aromatic N) is 2. The molecule has 1 N–H and O–H groups in total. The molecule has 0 saturated carbocycles. The van der Waals surface area contributed by atoms with Crippen LogP contribution in [0.15, 0.2) is 48.5 Å². The molecule has 6 heteroatoms. The molecule has 28 heavy (non-hydrogen) atoms. The Bertz CT molecular complexity index is 890. The third-order valence-electron chi connectivity index (χ3n) is 4.83. The first-order valence-electron chi connectivity index (χ1n) is 9.42. The first kappa shape index (κ1) is 19.6. The van der Waals surface area contributed by atoms with E-state index in [0.29, 0.717) is 25.2 Å². The van der Waals surface area contributed by atoms with E-state index in [4.69, 9.17) is 0 Å². The Balaban J connectivity index is 1.62. The van der Waals surface area contributed by atoms with E-state index < -0.39 is 11.8 Å². The standard InChI is InChI=1S/C22H25N3O3/c1-15(2)25-12-11-24(21(27)22(25)28)14-17-7-9-18(10-8-17)20(26)23-19-6-4-5-16(3)13-19/h4-10,13,15H,11-12,14H2,1-3H3,(H,23,26). The molecule has 3 amide bonds. The van der Waals surface area contributed by atoms with Crippen molar-refractivity contribution < 1.29 is 14.4 Å². The topological polar surface area (TPSA) is 69.7 Å². The van der Waals surface area contributed by atoms with Crippen LogP contribution in [0.1, 0.15) is 35.3 Å². The monoisotopic (exact) mass is 379 g/mol. The third kappa shape index (κ3) is 4.39. The number of carbonyl (C=O) groups is 3. The molecular weight excluding hydrogens is 354 g/mol. The van der Waals surface area contributed by atoms with E-state index in [1.54, 1.807) is 21.9 Å². The number of nitrogens with one attached hydrogen (secondary N) is 1. The van der Waals surface area contributed by atoms with Gasteiger partial charge in [-0.05, 0) is 56.2 Å². The van der Waals surface area contributed by atoms with E-state index in [9.17, 15) is 14.4 Å². The molecule has 0 aromatic heterocycles. The molecule has 0 unspecified atom stereocenters. The Morgan fingerprint density at radius 1 is 1.04 bits per heavy atom. The smallest absolute Gasteiger partial charge is 0.312 e. The summed E-state index contributed by atoms with van der Waals surface area (Å²) in [7, 11) is 0. The molecule has 1 saturated heterocycles. The summed E-state index contributed by atoms with van der Waals surface area (Å²) in [5.41, 5.74) is 3.25. The Labute approximate surface area is 165 Å². The van der Waals surface area contributed by atoms with E-state index in [1.165, 1.54) is 0 Å². The number of piperazine rings is 1. The Morgan fingerprint density at radius 3 is 2.39 bits per heavy atom. The van der Waals surface area contributed by atoms with Crippen LogP contribution in [0.3, 0.4) is 0 Å². The molecule has 0 atom stereocenters. The molecule has 0 aliphatic carbocycles. The number of aryl methyl sites for hydroxylation is 1. The molecule has 2 aromatic rings. The lowest BCUT2D eigenvalue weighted by atomic mass is 10.1. The molecular formula is C22H25N3O3. The van der Waals surface area contributed by atoms with E-state index in [1.807, 2.05) is 57.2 Å². The summed E-state index contributed by atoms with van der Waals surface area (Å²) in [6, 6.07) is 14.7. The zero-order chi connectivity index (χ0) is 20.3. The zero-order valence-electron chi connectivity index (χ0n) is 16.4. The molecule has 1 aliphatic heterocycles. The Kier molecular flexibility index (Phi) is 5.78. The van der Waals surface area contributed by atoms with Crippen LogP contribution in [0.25, 0.3) is 0 Å². The summed E-state index contributed by atoms with van der Waals surface area (Å²) in [6.07, 6.45) is 0. The minimum absolute atomic E-state index is 0.0183. The zero-order valence-corrected chi connectivity index (χ0v) is 16.4. The molecule has 0 spiro atoms. The van der Waals surface area contributed by atoms with Crippen LogP contribution in [-0.2, 0) is 16.1 Å². The predicted octanol–water partition coefficient (Wildman–Crippen LogP) is 2.83. The first-order valence-corrected chi connectivity index (χ1v) is 9.42. The maximum atomic E-state index is 12.4. The molecule has 1 aliphatic rings. The number of rotatable bonds is 5. The summed E-state index contributed by atoms with van der Waals surface area (Å²) in [6.45, 7) is 7.19. The third-order valence-corrected chi connectivity index (χ3v) is 4.83. The van der Waals surface area contributed by atoms with Crippen molar-refractivity contribution in [3.05, 3.63) is 65.2 Å². The van der Waals surface area contributed by atoms with Crippen molar-refractivity contribution in [2.75, 3.05) is 18.4 Å². The van der Waals surface area contributed by atoms with Crippen molar-refractivity contribution in [1.29, 1.82) is 0 Å². The maximum absolute atomic E-state index is 12.4. The van der Waals surface area contributed by atoms with Crippen LogP contribution in [0, 0.1) is 6.92 Å². The van der Waals surface area contributed by atoms with E-state index in [-0.39, 0.29) is 11.9 Å². The van der Waals surface area contributed by atoms with Gasteiger partial charge in [0.15, 0.2) is 0 Å². The highest BCUT2D eigenvalue weighted by Gasteiger charge is 2.33. The average Bonchev–Trinajstić information content (AvgIpc) is 2.66. The molecule has 0 bridgehead atoms. The molecule has 1 heterocycles. The number of anilines is 1. The van der Waals surface area contributed by atoms with Gasteiger partial charge in [0.1, 0.15) is 0 Å². The van der Waals surface area contributed by atoms with Crippen molar-refractivity contribution in [2.24, 2.45) is 0 Å². The highest BCUT2D eigenvalue weighted by molar-refractivity contribution is 6.35. The summed E-state index contributed by atoms with van der Waals surface area (Å²) in [5.74, 6) is -1.11. The van der Waals surface area contributed by atoms with Gasteiger partial charge in [0.2, 0.25) is 0 Å². The maximum Gasteiger partial charge on any atom is 0.312 e. The Morgan fingerprint density at radius 2 is 1.75 bits per heavy atom. The summed E-state index contributed by atoms with van der Waals surface area (Å²) in [4.78, 5) is 40.1. The largest absolute Gasteiger partial charge is 0.330 e. The van der Waals surface area contributed by atoms with Gasteiger partial charge in [-0.3, -0.25) is 14.4 Å². The second-order valence-corrected chi connectivity index (χ2v) is 7.34. The van der Waals surface area contributed by atoms with Gasteiger partial charge in [-0.25, -0.2) is 0 Å². The van der Waals surface area contributed by atoms with Gasteiger partial charge in [0, 0.05) is 36.9 Å². The quantitative estimate of drug-likeness (QED) is 0.812. The molecule has 0 radical (unpaired) electrons. The summed E-state index contributed by atoms with van der Waals surface area (Å²) >= 11 is 0. The van der Waals surface area contributed by atoms with E-state index in [0.717, 1.165) is 16.8 Å². The van der Waals surface area contributed by atoms with Crippen LogP contribution in [-0.4, -0.2) is 46.7 Å². The van der Waals surface area contributed by atoms with Gasteiger partial charge in [-0.1, -0.05) is 24.3 Å². The number of amides is 3. The fourth-order valence-corrected chi connectivity index (χ4v) is 3.24. The lowest BCUT2D eigenvalue weighted by molar-refractivity contribution is -0.157. The fraction of sp³-hybridized carbons (Fsp3) is 0.318. The number of hydrogen-bond acceptors (Lipinski definition) is 3. The average molecular weight is 379 g/mol. The van der Waals surface area contributed by atoms with Crippen LogP contribution in [0.4, 0.5) is 5.69 Å². The van der Waals surface area contributed by atoms with Crippen molar-refractivity contribution in [3.8, 4) is 0 Å². The molecule has 6 nitrogen and oxygen atoms in total. The van der Waals surface area contributed by atoms with E-state index in [2.05, 4.69) is 5.32 Å². The second-order valence-electron chi connectivity index (χ2n) is 7.34. The van der Waals surface area contributed by atoms with Gasteiger partial charge < -0.3 is 15.1 Å². The predicted molar refractivity (Wildman–Crippen MR) is 108 cm³/mol. The van der Waals surface area contributed by atoms with Crippen molar-refractivity contribution in [1.82, 2.24) is 9.80 Å². The Hall–Kier alpha value is -3.15. The SMILES string of the molecule is Cc1cccc(NC(=O)c2ccc(CN3CCN(C(C)C)C(=O)C3=O)cc2)c1. The minimum Gasteiger partial charge on any atom is -0.330 e. The van der Waals surface area contributed by atoms with Crippen molar-refractivity contribution in [2.45, 2.75) is 33.4 Å². The lowest BCUT2D eigenvalue weighted by Crippen LogP contribution is -2.55. The fourth-order valence-electron chi connectivity index (χ4n) is 3.24. The summed E-state index contributed by atoms with van der Waals surface area (Å²) in [5, 5.41) is 2.87. The molecule has 3 rings (SSSR count). The van der Waals surface area contributed by atoms with Gasteiger partial charge in [-0.15, -0.1) is 0 Å². The van der Waals surface area contributed by atoms with Crippen LogP contribution >= 0.6 is 0 Å². The normalized spacial score (nSPS) is 14.6. The van der Waals surface area contributed by atoms with E-state index >= 15 is 0 Å². The van der Waals surface area contributed by atoms with Gasteiger partial charge in [0.05, 0.1) is 0 Å². The number of benzene rings is 2. The molecule has 146 valence electrons.